The molecule has 1 aromatic rings. The van der Waals surface area contributed by atoms with E-state index in [1.807, 2.05) is 0 Å². The normalized spacial score (nSPS) is 22.9. The van der Waals surface area contributed by atoms with Crippen molar-refractivity contribution < 1.29 is 13.5 Å². The quantitative estimate of drug-likeness (QED) is 0.826. The van der Waals surface area contributed by atoms with Gasteiger partial charge < -0.3 is 10.8 Å². The number of rotatable bonds is 4. The first-order valence-electron chi connectivity index (χ1n) is 6.42. The average Bonchev–Trinajstić information content (AvgIpc) is 2.31. The summed E-state index contributed by atoms with van der Waals surface area (Å²) in [7, 11) is -2.14. The van der Waals surface area contributed by atoms with Gasteiger partial charge in [0, 0.05) is 19.3 Å². The van der Waals surface area contributed by atoms with Gasteiger partial charge in [-0.05, 0) is 43.4 Å². The lowest BCUT2D eigenvalue weighted by atomic mass is 9.82. The highest BCUT2D eigenvalue weighted by Crippen LogP contribution is 2.32. The summed E-state index contributed by atoms with van der Waals surface area (Å²) in [5.74, 6) is 0.200. The van der Waals surface area contributed by atoms with Crippen LogP contribution in [0.4, 0.5) is 5.69 Å². The highest BCUT2D eigenvalue weighted by atomic mass is 35.5. The molecule has 0 atom stereocenters. The molecule has 0 aliphatic heterocycles. The zero-order chi connectivity index (χ0) is 15.1. The number of nitrogen functional groups attached to an aromatic ring is 1. The molecule has 2 rings (SSSR count). The Bertz CT molecular complexity index is 612. The number of nitrogens with zero attached hydrogens (tertiary/aromatic N) is 1. The van der Waals surface area contributed by atoms with Crippen LogP contribution in [0.25, 0.3) is 0 Å². The van der Waals surface area contributed by atoms with Gasteiger partial charge in [-0.15, -0.1) is 0 Å². The van der Waals surface area contributed by atoms with Crippen LogP contribution in [-0.2, 0) is 10.0 Å². The first-order chi connectivity index (χ1) is 9.21. The molecule has 0 saturated heterocycles. The van der Waals surface area contributed by atoms with Crippen LogP contribution < -0.4 is 5.73 Å². The molecule has 7 heteroatoms. The maximum absolute atomic E-state index is 12.5. The minimum absolute atomic E-state index is 0.0321. The monoisotopic (exact) mass is 318 g/mol. The summed E-state index contributed by atoms with van der Waals surface area (Å²) in [4.78, 5) is 0.0321. The molecule has 3 N–H and O–H groups in total. The molecule has 0 amide bonds. The van der Waals surface area contributed by atoms with Gasteiger partial charge in [-0.1, -0.05) is 11.6 Å². The Labute approximate surface area is 124 Å². The van der Waals surface area contributed by atoms with Crippen LogP contribution in [0.3, 0.4) is 0 Å². The Hall–Kier alpha value is -0.820. The van der Waals surface area contributed by atoms with Crippen molar-refractivity contribution in [1.29, 1.82) is 0 Å². The fourth-order valence-electron chi connectivity index (χ4n) is 2.35. The van der Waals surface area contributed by atoms with Gasteiger partial charge in [-0.3, -0.25) is 0 Å². The predicted octanol–water partition coefficient (Wildman–Crippen LogP) is 1.62. The lowest BCUT2D eigenvalue weighted by Gasteiger charge is -2.34. The summed E-state index contributed by atoms with van der Waals surface area (Å²) in [5.41, 5.74) is 6.92. The molecule has 20 heavy (non-hydrogen) atoms. The number of aliphatic hydroxyl groups is 1. The molecule has 1 aliphatic carbocycles. The third kappa shape index (κ3) is 2.93. The highest BCUT2D eigenvalue weighted by molar-refractivity contribution is 7.89. The first-order valence-corrected chi connectivity index (χ1v) is 8.23. The van der Waals surface area contributed by atoms with Gasteiger partial charge in [0.25, 0.3) is 0 Å². The number of hydrogen-bond donors (Lipinski definition) is 2. The number of aliphatic hydroxyl groups excluding tert-OH is 1. The second kappa shape index (κ2) is 5.52. The Morgan fingerprint density at radius 2 is 2.05 bits per heavy atom. The topological polar surface area (TPSA) is 83.6 Å². The second-order valence-electron chi connectivity index (χ2n) is 5.42. The van der Waals surface area contributed by atoms with Crippen LogP contribution in [-0.4, -0.2) is 37.5 Å². The minimum atomic E-state index is -3.66. The van der Waals surface area contributed by atoms with Crippen molar-refractivity contribution in [2.75, 3.05) is 19.3 Å². The van der Waals surface area contributed by atoms with E-state index in [1.165, 1.54) is 17.4 Å². The van der Waals surface area contributed by atoms with Crippen LogP contribution in [0.5, 0.6) is 0 Å². The van der Waals surface area contributed by atoms with E-state index in [2.05, 4.69) is 0 Å². The molecule has 1 fully saturated rings. The van der Waals surface area contributed by atoms with E-state index in [9.17, 15) is 13.5 Å². The number of hydrogen-bond acceptors (Lipinski definition) is 4. The fourth-order valence-corrected chi connectivity index (χ4v) is 4.18. The first kappa shape index (κ1) is 15.6. The van der Waals surface area contributed by atoms with Gasteiger partial charge in [0.2, 0.25) is 10.0 Å². The van der Waals surface area contributed by atoms with Crippen molar-refractivity contribution in [3.05, 3.63) is 22.7 Å². The van der Waals surface area contributed by atoms with Crippen molar-refractivity contribution >= 4 is 27.3 Å². The molecule has 0 bridgehead atoms. The largest absolute Gasteiger partial charge is 0.398 e. The summed E-state index contributed by atoms with van der Waals surface area (Å²) in [6.07, 6.45) is 0.988. The smallest absolute Gasteiger partial charge is 0.244 e. The van der Waals surface area contributed by atoms with Gasteiger partial charge in [-0.25, -0.2) is 12.7 Å². The fraction of sp³-hybridized carbons (Fsp3) is 0.538. The SMILES string of the molecule is Cc1cc(Cl)c(S(=O)(=O)N(C)CC2CC(O)C2)cc1N. The number of benzene rings is 1. The Morgan fingerprint density at radius 3 is 2.60 bits per heavy atom. The number of nitrogens with two attached hydrogens (primary N) is 1. The molecule has 0 unspecified atom stereocenters. The maximum atomic E-state index is 12.5. The zero-order valence-electron chi connectivity index (χ0n) is 11.5. The Morgan fingerprint density at radius 1 is 1.45 bits per heavy atom. The summed E-state index contributed by atoms with van der Waals surface area (Å²) in [6.45, 7) is 2.15. The molecular weight excluding hydrogens is 300 g/mol. The van der Waals surface area contributed by atoms with Crippen molar-refractivity contribution in [2.24, 2.45) is 5.92 Å². The molecule has 1 aliphatic rings. The molecular formula is C13H19ClN2O3S. The summed E-state index contributed by atoms with van der Waals surface area (Å²) in [5, 5.41) is 9.43. The van der Waals surface area contributed by atoms with Crippen molar-refractivity contribution in [2.45, 2.75) is 30.8 Å². The number of sulfonamides is 1. The number of anilines is 1. The molecule has 0 heterocycles. The van der Waals surface area contributed by atoms with E-state index < -0.39 is 10.0 Å². The molecule has 0 spiro atoms. The minimum Gasteiger partial charge on any atom is -0.398 e. The predicted molar refractivity (Wildman–Crippen MR) is 79.1 cm³/mol. The van der Waals surface area contributed by atoms with E-state index in [0.717, 1.165) is 5.56 Å². The van der Waals surface area contributed by atoms with Crippen LogP contribution in [0.1, 0.15) is 18.4 Å². The van der Waals surface area contributed by atoms with Gasteiger partial charge in [0.05, 0.1) is 11.1 Å². The van der Waals surface area contributed by atoms with E-state index in [4.69, 9.17) is 17.3 Å². The third-order valence-corrected chi connectivity index (χ3v) is 6.02. The van der Waals surface area contributed by atoms with Gasteiger partial charge >= 0.3 is 0 Å². The lowest BCUT2D eigenvalue weighted by molar-refractivity contribution is 0.0367. The van der Waals surface area contributed by atoms with E-state index in [-0.39, 0.29) is 21.9 Å². The van der Waals surface area contributed by atoms with Crippen molar-refractivity contribution in [3.8, 4) is 0 Å². The summed E-state index contributed by atoms with van der Waals surface area (Å²) in [6, 6.07) is 2.96. The molecule has 1 aromatic carbocycles. The van der Waals surface area contributed by atoms with Crippen LogP contribution in [0.2, 0.25) is 5.02 Å². The van der Waals surface area contributed by atoms with Gasteiger partial charge in [0.15, 0.2) is 0 Å². The van der Waals surface area contributed by atoms with Gasteiger partial charge in [-0.2, -0.15) is 0 Å². The van der Waals surface area contributed by atoms with Crippen molar-refractivity contribution in [3.63, 3.8) is 0 Å². The summed E-state index contributed by atoms with van der Waals surface area (Å²) >= 11 is 6.04. The van der Waals surface area contributed by atoms with E-state index in [1.54, 1.807) is 13.0 Å². The zero-order valence-corrected chi connectivity index (χ0v) is 13.1. The van der Waals surface area contributed by atoms with Crippen LogP contribution >= 0.6 is 11.6 Å². The lowest BCUT2D eigenvalue weighted by Crippen LogP contribution is -2.39. The standard InChI is InChI=1S/C13H19ClN2O3S/c1-8-3-11(14)13(6-12(8)15)20(18,19)16(2)7-9-4-10(17)5-9/h3,6,9-10,17H,4-5,7,15H2,1-2H3. The molecule has 1 saturated carbocycles. The number of aryl methyl sites for hydroxylation is 1. The van der Waals surface area contributed by atoms with Crippen LogP contribution in [0.15, 0.2) is 17.0 Å². The Kier molecular flexibility index (Phi) is 4.30. The Balaban J connectivity index is 2.23. The second-order valence-corrected chi connectivity index (χ2v) is 7.84. The summed E-state index contributed by atoms with van der Waals surface area (Å²) < 4.78 is 26.3. The maximum Gasteiger partial charge on any atom is 0.244 e. The third-order valence-electron chi connectivity index (χ3n) is 3.73. The molecule has 0 aromatic heterocycles. The van der Waals surface area contributed by atoms with E-state index >= 15 is 0 Å². The number of halogens is 1. The van der Waals surface area contributed by atoms with E-state index in [0.29, 0.717) is 25.1 Å². The van der Waals surface area contributed by atoms with Gasteiger partial charge in [0.1, 0.15) is 4.90 Å². The van der Waals surface area contributed by atoms with Crippen molar-refractivity contribution in [1.82, 2.24) is 4.31 Å². The molecule has 0 radical (unpaired) electrons. The molecule has 5 nitrogen and oxygen atoms in total. The molecule has 112 valence electrons. The van der Waals surface area contributed by atoms with Crippen LogP contribution in [0, 0.1) is 12.8 Å². The average molecular weight is 319 g/mol. The highest BCUT2D eigenvalue weighted by Gasteiger charge is 2.32.